The number of para-hydroxylation sites is 1. The summed E-state index contributed by atoms with van der Waals surface area (Å²) < 4.78 is 3.51. The fourth-order valence-electron chi connectivity index (χ4n) is 5.06. The SMILES string of the molecule is Cc1nn(C)c2ccc(C3CCN(c4c(C#N)c(=O)n(C)c5ccccc45)CC3)cc12. The first-order chi connectivity index (χ1) is 15.0. The molecule has 0 aliphatic carbocycles. The third-order valence-electron chi connectivity index (χ3n) is 6.73. The van der Waals surface area contributed by atoms with E-state index in [9.17, 15) is 10.1 Å². The smallest absolute Gasteiger partial charge is 0.270 e. The van der Waals surface area contributed by atoms with Crippen LogP contribution in [0.2, 0.25) is 0 Å². The van der Waals surface area contributed by atoms with E-state index in [-0.39, 0.29) is 11.1 Å². The van der Waals surface area contributed by atoms with Gasteiger partial charge in [-0.05, 0) is 49.4 Å². The molecule has 1 fully saturated rings. The van der Waals surface area contributed by atoms with E-state index in [4.69, 9.17) is 0 Å². The highest BCUT2D eigenvalue weighted by Crippen LogP contribution is 2.35. The van der Waals surface area contributed by atoms with Crippen molar-refractivity contribution in [1.82, 2.24) is 14.3 Å². The van der Waals surface area contributed by atoms with Crippen LogP contribution in [0.5, 0.6) is 0 Å². The molecule has 1 aliphatic rings. The highest BCUT2D eigenvalue weighted by Gasteiger charge is 2.26. The normalized spacial score (nSPS) is 15.0. The minimum atomic E-state index is -0.226. The van der Waals surface area contributed by atoms with Crippen LogP contribution in [0.3, 0.4) is 0 Å². The van der Waals surface area contributed by atoms with Gasteiger partial charge < -0.3 is 9.47 Å². The van der Waals surface area contributed by atoms with Gasteiger partial charge in [0.25, 0.3) is 5.56 Å². The topological polar surface area (TPSA) is 66.8 Å². The van der Waals surface area contributed by atoms with Crippen LogP contribution in [0.4, 0.5) is 5.69 Å². The summed E-state index contributed by atoms with van der Waals surface area (Å²) in [5.41, 5.74) is 5.23. The molecule has 0 N–H and O–H groups in total. The average Bonchev–Trinajstić information content (AvgIpc) is 3.09. The fraction of sp³-hybridized carbons (Fsp3) is 0.320. The van der Waals surface area contributed by atoms with Crippen molar-refractivity contribution in [3.8, 4) is 6.07 Å². The molecule has 0 saturated carbocycles. The molecule has 0 radical (unpaired) electrons. The number of nitriles is 1. The van der Waals surface area contributed by atoms with E-state index in [2.05, 4.69) is 41.2 Å². The number of aryl methyl sites for hydroxylation is 3. The summed E-state index contributed by atoms with van der Waals surface area (Å²) in [7, 11) is 3.72. The Hall–Kier alpha value is -3.59. The van der Waals surface area contributed by atoms with Gasteiger partial charge in [0.2, 0.25) is 0 Å². The molecule has 4 aromatic rings. The summed E-state index contributed by atoms with van der Waals surface area (Å²) in [5, 5.41) is 16.5. The highest BCUT2D eigenvalue weighted by atomic mass is 16.1. The molecule has 6 nitrogen and oxygen atoms in total. The molecule has 5 rings (SSSR count). The lowest BCUT2D eigenvalue weighted by Crippen LogP contribution is -2.35. The maximum Gasteiger partial charge on any atom is 0.270 e. The lowest BCUT2D eigenvalue weighted by atomic mass is 9.88. The second-order valence-electron chi connectivity index (χ2n) is 8.46. The first kappa shape index (κ1) is 19.4. The molecule has 0 spiro atoms. The second kappa shape index (κ2) is 7.28. The molecular weight excluding hydrogens is 386 g/mol. The minimum absolute atomic E-state index is 0.226. The Balaban J connectivity index is 1.48. The van der Waals surface area contributed by atoms with Crippen LogP contribution in [0.25, 0.3) is 21.8 Å². The van der Waals surface area contributed by atoms with Crippen LogP contribution in [-0.4, -0.2) is 27.4 Å². The van der Waals surface area contributed by atoms with Crippen molar-refractivity contribution in [2.24, 2.45) is 14.1 Å². The van der Waals surface area contributed by atoms with Gasteiger partial charge in [0.15, 0.2) is 0 Å². The van der Waals surface area contributed by atoms with Crippen LogP contribution >= 0.6 is 0 Å². The Labute approximate surface area is 180 Å². The lowest BCUT2D eigenvalue weighted by molar-refractivity contribution is 0.506. The molecule has 3 heterocycles. The third kappa shape index (κ3) is 3.00. The maximum atomic E-state index is 12.8. The van der Waals surface area contributed by atoms with Gasteiger partial charge in [-0.25, -0.2) is 0 Å². The molecule has 0 atom stereocenters. The van der Waals surface area contributed by atoms with Gasteiger partial charge >= 0.3 is 0 Å². The van der Waals surface area contributed by atoms with Crippen molar-refractivity contribution >= 4 is 27.5 Å². The highest BCUT2D eigenvalue weighted by molar-refractivity contribution is 5.95. The molecule has 0 bridgehead atoms. The van der Waals surface area contributed by atoms with Crippen molar-refractivity contribution in [2.45, 2.75) is 25.7 Å². The summed E-state index contributed by atoms with van der Waals surface area (Å²) in [6.07, 6.45) is 1.97. The standard InChI is InChI=1S/C25H25N5O/c1-16-20-14-18(8-9-23(20)29(3)27-16)17-10-12-30(13-11-17)24-19-6-4-5-7-22(19)28(2)25(31)21(24)15-26/h4-9,14,17H,10-13H2,1-3H3. The summed E-state index contributed by atoms with van der Waals surface area (Å²) in [4.78, 5) is 15.1. The Kier molecular flexibility index (Phi) is 4.55. The van der Waals surface area contributed by atoms with Crippen molar-refractivity contribution in [3.05, 3.63) is 69.6 Å². The molecule has 2 aromatic heterocycles. The number of piperidine rings is 1. The Morgan fingerprint density at radius 3 is 2.52 bits per heavy atom. The summed E-state index contributed by atoms with van der Waals surface area (Å²) >= 11 is 0. The number of benzene rings is 2. The van der Waals surface area contributed by atoms with Gasteiger partial charge in [0, 0.05) is 38.0 Å². The second-order valence-corrected chi connectivity index (χ2v) is 8.46. The summed E-state index contributed by atoms with van der Waals surface area (Å²) in [5.74, 6) is 0.462. The number of nitrogens with zero attached hydrogens (tertiary/aromatic N) is 5. The van der Waals surface area contributed by atoms with Gasteiger partial charge in [0.1, 0.15) is 11.6 Å². The third-order valence-corrected chi connectivity index (χ3v) is 6.73. The molecule has 0 unspecified atom stereocenters. The molecule has 0 amide bonds. The average molecular weight is 412 g/mol. The van der Waals surface area contributed by atoms with E-state index in [0.717, 1.165) is 53.7 Å². The zero-order valence-corrected chi connectivity index (χ0v) is 18.1. The van der Waals surface area contributed by atoms with Crippen LogP contribution in [0, 0.1) is 18.3 Å². The molecule has 2 aromatic carbocycles. The summed E-state index contributed by atoms with van der Waals surface area (Å²) in [6.45, 7) is 3.69. The zero-order chi connectivity index (χ0) is 21.7. The van der Waals surface area contributed by atoms with Gasteiger partial charge in [0.05, 0.1) is 22.4 Å². The Morgan fingerprint density at radius 1 is 1.03 bits per heavy atom. The van der Waals surface area contributed by atoms with Gasteiger partial charge in [-0.15, -0.1) is 0 Å². The molecule has 31 heavy (non-hydrogen) atoms. The van der Waals surface area contributed by atoms with Gasteiger partial charge in [-0.1, -0.05) is 24.3 Å². The van der Waals surface area contributed by atoms with E-state index in [0.29, 0.717) is 5.92 Å². The maximum absolute atomic E-state index is 12.8. The van der Waals surface area contributed by atoms with E-state index in [1.54, 1.807) is 11.6 Å². The van der Waals surface area contributed by atoms with Gasteiger partial charge in [-0.3, -0.25) is 9.48 Å². The van der Waals surface area contributed by atoms with E-state index >= 15 is 0 Å². The Morgan fingerprint density at radius 2 is 1.77 bits per heavy atom. The van der Waals surface area contributed by atoms with E-state index in [1.807, 2.05) is 36.0 Å². The van der Waals surface area contributed by atoms with Crippen molar-refractivity contribution in [3.63, 3.8) is 0 Å². The van der Waals surface area contributed by atoms with Crippen LogP contribution in [0.15, 0.2) is 47.3 Å². The predicted molar refractivity (Wildman–Crippen MR) is 124 cm³/mol. The monoisotopic (exact) mass is 411 g/mol. The molecular formula is C25H25N5O. The number of aromatic nitrogens is 3. The Bertz CT molecular complexity index is 1410. The van der Waals surface area contributed by atoms with Crippen molar-refractivity contribution < 1.29 is 0 Å². The molecule has 156 valence electrons. The van der Waals surface area contributed by atoms with Crippen LogP contribution < -0.4 is 10.5 Å². The number of fused-ring (bicyclic) bond motifs is 2. The first-order valence-corrected chi connectivity index (χ1v) is 10.7. The van der Waals surface area contributed by atoms with Crippen LogP contribution in [-0.2, 0) is 14.1 Å². The zero-order valence-electron chi connectivity index (χ0n) is 18.1. The number of hydrogen-bond acceptors (Lipinski definition) is 4. The first-order valence-electron chi connectivity index (χ1n) is 10.7. The van der Waals surface area contributed by atoms with Gasteiger partial charge in [-0.2, -0.15) is 10.4 Å². The number of hydrogen-bond donors (Lipinski definition) is 0. The van der Waals surface area contributed by atoms with E-state index < -0.39 is 0 Å². The quantitative estimate of drug-likeness (QED) is 0.500. The molecule has 6 heteroatoms. The number of anilines is 1. The number of rotatable bonds is 2. The van der Waals surface area contributed by atoms with Crippen molar-refractivity contribution in [1.29, 1.82) is 5.26 Å². The minimum Gasteiger partial charge on any atom is -0.370 e. The van der Waals surface area contributed by atoms with Crippen LogP contribution in [0.1, 0.15) is 35.6 Å². The fourth-order valence-corrected chi connectivity index (χ4v) is 5.06. The molecule has 1 aliphatic heterocycles. The predicted octanol–water partition coefficient (Wildman–Crippen LogP) is 3.99. The molecule has 1 saturated heterocycles. The number of pyridine rings is 1. The lowest BCUT2D eigenvalue weighted by Gasteiger charge is -2.35. The van der Waals surface area contributed by atoms with E-state index in [1.165, 1.54) is 10.9 Å². The van der Waals surface area contributed by atoms with Crippen molar-refractivity contribution in [2.75, 3.05) is 18.0 Å². The summed E-state index contributed by atoms with van der Waals surface area (Å²) in [6, 6.07) is 16.7. The largest absolute Gasteiger partial charge is 0.370 e.